The van der Waals surface area contributed by atoms with Gasteiger partial charge in [-0.15, -0.1) is 0 Å². The molecular weight excluding hydrogens is 262 g/mol. The minimum Gasteiger partial charge on any atom is -0.471 e. The van der Waals surface area contributed by atoms with Crippen LogP contribution < -0.4 is 16.5 Å². The molecule has 9 heteroatoms. The fourth-order valence-electron chi connectivity index (χ4n) is 1.56. The van der Waals surface area contributed by atoms with Gasteiger partial charge in [-0.05, 0) is 19.2 Å². The maximum Gasteiger partial charge on any atom is 0.341 e. The highest BCUT2D eigenvalue weighted by atomic mass is 16.5. The number of aryl methyl sites for hydroxylation is 1. The molecular formula is C11H17N7O2. The van der Waals surface area contributed by atoms with Gasteiger partial charge in [0.2, 0.25) is 5.90 Å². The second-order valence-electron chi connectivity index (χ2n) is 3.65. The van der Waals surface area contributed by atoms with Gasteiger partial charge >= 0.3 is 6.03 Å². The van der Waals surface area contributed by atoms with Crippen LogP contribution in [-0.2, 0) is 17.9 Å². The Labute approximate surface area is 115 Å². The number of anilines is 1. The Morgan fingerprint density at radius 1 is 1.65 bits per heavy atom. The maximum absolute atomic E-state index is 11.3. The van der Waals surface area contributed by atoms with Crippen LogP contribution in [0.15, 0.2) is 29.8 Å². The fourth-order valence-corrected chi connectivity index (χ4v) is 1.56. The summed E-state index contributed by atoms with van der Waals surface area (Å²) in [7, 11) is 0. The number of urea groups is 1. The van der Waals surface area contributed by atoms with Gasteiger partial charge in [-0.1, -0.05) is 5.22 Å². The van der Waals surface area contributed by atoms with Gasteiger partial charge in [0.25, 0.3) is 0 Å². The Morgan fingerprint density at radius 2 is 2.40 bits per heavy atom. The molecule has 108 valence electrons. The van der Waals surface area contributed by atoms with Crippen LogP contribution in [0.5, 0.6) is 0 Å². The molecule has 0 radical (unpaired) electrons. The van der Waals surface area contributed by atoms with E-state index in [4.69, 9.17) is 21.4 Å². The van der Waals surface area contributed by atoms with Crippen molar-refractivity contribution in [1.29, 1.82) is 10.9 Å². The first-order valence-corrected chi connectivity index (χ1v) is 5.83. The maximum atomic E-state index is 11.3. The molecule has 0 aliphatic rings. The van der Waals surface area contributed by atoms with E-state index in [-0.39, 0.29) is 12.5 Å². The number of nitrogens with zero attached hydrogens (tertiary/aromatic N) is 2. The summed E-state index contributed by atoms with van der Waals surface area (Å²) in [5.41, 5.74) is 14.9. The molecule has 0 saturated heterocycles. The van der Waals surface area contributed by atoms with Gasteiger partial charge in [0, 0.05) is 18.8 Å². The van der Waals surface area contributed by atoms with E-state index in [1.54, 1.807) is 12.3 Å². The largest absolute Gasteiger partial charge is 0.471 e. The fraction of sp³-hybridized carbons (Fsp3) is 0.273. The highest BCUT2D eigenvalue weighted by Gasteiger charge is 2.12. The summed E-state index contributed by atoms with van der Waals surface area (Å²) in [6, 6.07) is 1.08. The van der Waals surface area contributed by atoms with E-state index in [1.165, 1.54) is 12.3 Å². The molecule has 0 fully saturated rings. The van der Waals surface area contributed by atoms with Crippen LogP contribution in [0.2, 0.25) is 0 Å². The number of aromatic nitrogens is 1. The van der Waals surface area contributed by atoms with Crippen LogP contribution in [0.25, 0.3) is 0 Å². The van der Waals surface area contributed by atoms with Gasteiger partial charge in [-0.3, -0.25) is 5.41 Å². The molecule has 20 heavy (non-hydrogen) atoms. The van der Waals surface area contributed by atoms with E-state index in [0.717, 1.165) is 0 Å². The van der Waals surface area contributed by atoms with Gasteiger partial charge < -0.3 is 20.4 Å². The molecule has 0 bridgehead atoms. The lowest BCUT2D eigenvalue weighted by molar-refractivity contribution is 0.251. The molecule has 9 nitrogen and oxygen atoms in total. The van der Waals surface area contributed by atoms with Gasteiger partial charge in [0.15, 0.2) is 0 Å². The Bertz CT molecular complexity index is 521. The van der Waals surface area contributed by atoms with Crippen molar-refractivity contribution in [2.45, 2.75) is 20.1 Å². The van der Waals surface area contributed by atoms with Crippen molar-refractivity contribution < 1.29 is 9.53 Å². The lowest BCUT2D eigenvalue weighted by Crippen LogP contribution is -2.24. The molecule has 6 N–H and O–H groups in total. The third kappa shape index (κ3) is 4.12. The van der Waals surface area contributed by atoms with E-state index >= 15 is 0 Å². The number of carbonyl (C=O) groups excluding carboxylic acids is 1. The molecule has 0 saturated carbocycles. The summed E-state index contributed by atoms with van der Waals surface area (Å²) in [5.74, 6) is -0.0760. The average Bonchev–Trinajstić information content (AvgIpc) is 2.79. The molecule has 2 amide bonds. The number of nitrogens with two attached hydrogens (primary N) is 1. The molecule has 1 heterocycles. The third-order valence-electron chi connectivity index (χ3n) is 2.44. The molecule has 0 aliphatic heterocycles. The van der Waals surface area contributed by atoms with E-state index in [1.807, 2.05) is 16.9 Å². The smallest absolute Gasteiger partial charge is 0.341 e. The molecule has 0 atom stereocenters. The topological polar surface area (TPSA) is 141 Å². The monoisotopic (exact) mass is 279 g/mol. The molecule has 1 aromatic heterocycles. The molecule has 0 unspecified atom stereocenters. The third-order valence-corrected chi connectivity index (χ3v) is 2.44. The summed E-state index contributed by atoms with van der Waals surface area (Å²) in [6.07, 6.45) is 4.32. The highest BCUT2D eigenvalue weighted by molar-refractivity contribution is 5.89. The first-order valence-electron chi connectivity index (χ1n) is 5.83. The second-order valence-corrected chi connectivity index (χ2v) is 3.65. The first-order chi connectivity index (χ1) is 9.62. The Kier molecular flexibility index (Phi) is 5.75. The molecule has 1 aromatic rings. The van der Waals surface area contributed by atoms with Crippen molar-refractivity contribution in [3.05, 3.63) is 30.2 Å². The van der Waals surface area contributed by atoms with Crippen molar-refractivity contribution in [2.75, 3.05) is 5.32 Å². The van der Waals surface area contributed by atoms with Gasteiger partial charge in [0.05, 0.1) is 11.4 Å². The lowest BCUT2D eigenvalue weighted by atomic mass is 10.3. The van der Waals surface area contributed by atoms with E-state index in [2.05, 4.69) is 10.5 Å². The van der Waals surface area contributed by atoms with E-state index in [9.17, 15) is 4.79 Å². The minimum atomic E-state index is -0.618. The number of hydrogen-bond acceptors (Lipinski definition) is 6. The van der Waals surface area contributed by atoms with Crippen molar-refractivity contribution >= 4 is 17.6 Å². The van der Waals surface area contributed by atoms with Crippen LogP contribution >= 0.6 is 0 Å². The number of amides is 2. The number of nitrogens with one attached hydrogen (secondary N) is 4. The number of ether oxygens (including phenoxy) is 1. The zero-order chi connectivity index (χ0) is 15.0. The number of rotatable bonds is 6. The van der Waals surface area contributed by atoms with Crippen LogP contribution in [-0.4, -0.2) is 16.5 Å². The van der Waals surface area contributed by atoms with Crippen LogP contribution in [0.4, 0.5) is 10.5 Å². The zero-order valence-electron chi connectivity index (χ0n) is 11.0. The number of hydrogen-bond donors (Lipinski definition) is 5. The van der Waals surface area contributed by atoms with Crippen LogP contribution in [0.1, 0.15) is 12.6 Å². The summed E-state index contributed by atoms with van der Waals surface area (Å²) >= 11 is 0. The SMILES string of the molecule is CCn1ccc(NC(=O)NN=N)c1COC(=N)/C=C\N. The number of carbonyl (C=O) groups is 1. The Balaban J connectivity index is 2.80. The van der Waals surface area contributed by atoms with Crippen molar-refractivity contribution in [3.8, 4) is 0 Å². The standard InChI is InChI=1S/C11H17N7O2/c1-2-18-6-4-8(15-11(19)16-17-14)9(18)7-20-10(13)3-5-12/h3-6,13H,2,7,12H2,1H3,(H3,14,15,16,19)/b5-3-,13-10?. The van der Waals surface area contributed by atoms with Gasteiger partial charge in [-0.2, -0.15) is 5.53 Å². The lowest BCUT2D eigenvalue weighted by Gasteiger charge is -2.11. The summed E-state index contributed by atoms with van der Waals surface area (Å²) in [4.78, 5) is 11.3. The summed E-state index contributed by atoms with van der Waals surface area (Å²) in [6.45, 7) is 2.74. The predicted molar refractivity (Wildman–Crippen MR) is 73.3 cm³/mol. The zero-order valence-corrected chi connectivity index (χ0v) is 11.0. The van der Waals surface area contributed by atoms with Crippen molar-refractivity contribution in [1.82, 2.24) is 9.99 Å². The summed E-state index contributed by atoms with van der Waals surface area (Å²) in [5, 5.41) is 12.8. The average molecular weight is 279 g/mol. The first kappa shape index (κ1) is 15.2. The molecule has 1 rings (SSSR count). The van der Waals surface area contributed by atoms with E-state index < -0.39 is 6.03 Å². The van der Waals surface area contributed by atoms with Crippen molar-refractivity contribution in [2.24, 2.45) is 11.0 Å². The van der Waals surface area contributed by atoms with Crippen LogP contribution in [0.3, 0.4) is 0 Å². The highest BCUT2D eigenvalue weighted by Crippen LogP contribution is 2.18. The Hall–Kier alpha value is -2.84. The van der Waals surface area contributed by atoms with Gasteiger partial charge in [-0.25, -0.2) is 10.2 Å². The second kappa shape index (κ2) is 7.56. The molecule has 0 aliphatic carbocycles. The predicted octanol–water partition coefficient (Wildman–Crippen LogP) is 1.54. The Morgan fingerprint density at radius 3 is 3.00 bits per heavy atom. The normalized spacial score (nSPS) is 10.2. The molecule has 0 aromatic carbocycles. The molecule has 0 spiro atoms. The quantitative estimate of drug-likeness (QED) is 0.233. The minimum absolute atomic E-state index is 0.0760. The van der Waals surface area contributed by atoms with Crippen LogP contribution in [0, 0.1) is 10.9 Å². The van der Waals surface area contributed by atoms with Crippen molar-refractivity contribution in [3.63, 3.8) is 0 Å². The van der Waals surface area contributed by atoms with E-state index in [0.29, 0.717) is 17.9 Å². The summed E-state index contributed by atoms with van der Waals surface area (Å²) < 4.78 is 7.08. The van der Waals surface area contributed by atoms with Gasteiger partial charge in [0.1, 0.15) is 6.61 Å².